The molecule has 0 saturated heterocycles. The van der Waals surface area contributed by atoms with Gasteiger partial charge in [0.05, 0.1) is 0 Å². The van der Waals surface area contributed by atoms with Crippen LogP contribution in [0.15, 0.2) is 11.1 Å². The fraction of sp³-hybridized carbons (Fsp3) is 0.800. The van der Waals surface area contributed by atoms with Crippen LogP contribution in [0.1, 0.15) is 40.0 Å². The van der Waals surface area contributed by atoms with Crippen LogP contribution < -0.4 is 0 Å². The van der Waals surface area contributed by atoms with Crippen molar-refractivity contribution in [1.29, 1.82) is 0 Å². The van der Waals surface area contributed by atoms with E-state index in [0.29, 0.717) is 5.41 Å². The van der Waals surface area contributed by atoms with Gasteiger partial charge in [-0.1, -0.05) is 25.0 Å². The molecular weight excluding hydrogens is 192 g/mol. The Morgan fingerprint density at radius 2 is 1.77 bits per heavy atom. The maximum absolute atomic E-state index is 2.40. The van der Waals surface area contributed by atoms with Gasteiger partial charge in [0.1, 0.15) is 0 Å². The van der Waals surface area contributed by atoms with Crippen molar-refractivity contribution in [2.75, 3.05) is 0 Å². The minimum Gasteiger partial charge on any atom is -0.870 e. The zero-order valence-electron chi connectivity index (χ0n) is 8.80. The van der Waals surface area contributed by atoms with Gasteiger partial charge in [-0.25, -0.2) is 0 Å². The van der Waals surface area contributed by atoms with Crippen molar-refractivity contribution < 1.29 is 11.0 Å². The second-order valence-corrected chi connectivity index (χ2v) is 4.42. The third-order valence-corrected chi connectivity index (χ3v) is 3.63. The van der Waals surface area contributed by atoms with Crippen LogP contribution in [0.5, 0.6) is 0 Å². The van der Waals surface area contributed by atoms with Crippen LogP contribution in [0.2, 0.25) is 0 Å². The second kappa shape index (κ2) is 5.13. The van der Waals surface area contributed by atoms with Gasteiger partial charge in [-0.05, 0) is 37.5 Å². The first-order valence-corrected chi connectivity index (χ1v) is 4.31. The Morgan fingerprint density at radius 3 is 2.00 bits per heavy atom. The number of allylic oxidation sites excluding steroid dienone is 2. The summed E-state index contributed by atoms with van der Waals surface area (Å²) >= 11 is 0. The van der Waals surface area contributed by atoms with Gasteiger partial charge in [-0.3, -0.25) is 0 Å². The van der Waals surface area contributed by atoms with E-state index >= 15 is 0 Å². The number of hydrogen-bond donors (Lipinski definition) is 0. The van der Waals surface area contributed by atoms with Crippen LogP contribution in [0, 0.1) is 11.3 Å². The summed E-state index contributed by atoms with van der Waals surface area (Å²) < 4.78 is 0. The normalized spacial score (nSPS) is 27.5. The molecule has 2 N–H and O–H groups in total. The number of fused-ring (bicyclic) bond motifs is 2. The van der Waals surface area contributed by atoms with Crippen molar-refractivity contribution in [3.05, 3.63) is 11.1 Å². The smallest absolute Gasteiger partial charge is 0.870 e. The van der Waals surface area contributed by atoms with Gasteiger partial charge >= 0.3 is 37.7 Å². The predicted molar refractivity (Wildman–Crippen MR) is 53.4 cm³/mol. The Hall–Kier alpha value is 0.920. The van der Waals surface area contributed by atoms with Crippen LogP contribution in [0.3, 0.4) is 0 Å². The molecule has 0 aromatic rings. The molecule has 0 aromatic heterocycles. The summed E-state index contributed by atoms with van der Waals surface area (Å²) in [4.78, 5) is 0. The summed E-state index contributed by atoms with van der Waals surface area (Å²) in [5.74, 6) is 1.02. The van der Waals surface area contributed by atoms with Gasteiger partial charge in [-0.2, -0.15) is 0 Å². The van der Waals surface area contributed by atoms with E-state index in [1.54, 1.807) is 11.1 Å². The molecule has 0 aliphatic heterocycles. The Balaban J connectivity index is 0. The van der Waals surface area contributed by atoms with E-state index in [2.05, 4.69) is 20.8 Å². The average Bonchev–Trinajstić information content (AvgIpc) is 1.87. The summed E-state index contributed by atoms with van der Waals surface area (Å²) in [6.45, 7) is 7.12. The Morgan fingerprint density at radius 1 is 1.23 bits per heavy atom. The molecule has 1 unspecified atom stereocenters. The van der Waals surface area contributed by atoms with Crippen LogP contribution in [0.25, 0.3) is 0 Å². The quantitative estimate of drug-likeness (QED) is 0.455. The van der Waals surface area contributed by atoms with Gasteiger partial charge in [-0.15, -0.1) is 0 Å². The van der Waals surface area contributed by atoms with Gasteiger partial charge < -0.3 is 11.0 Å². The van der Waals surface area contributed by atoms with Crippen molar-refractivity contribution >= 4 is 37.7 Å². The Bertz CT molecular complexity index is 209. The molecule has 2 nitrogen and oxygen atoms in total. The molecule has 0 amide bonds. The van der Waals surface area contributed by atoms with E-state index in [1.165, 1.54) is 19.3 Å². The minimum atomic E-state index is 0. The maximum Gasteiger partial charge on any atom is 2.00 e. The summed E-state index contributed by atoms with van der Waals surface area (Å²) in [5.41, 5.74) is 4.04. The van der Waals surface area contributed by atoms with Crippen molar-refractivity contribution in [1.82, 2.24) is 0 Å². The number of rotatable bonds is 0. The van der Waals surface area contributed by atoms with Crippen LogP contribution in [-0.2, 0) is 0 Å². The molecular formula is C10H18CaO2. The number of hydrogen-bond acceptors (Lipinski definition) is 2. The SMILES string of the molecule is CC1=C2CC(CC1)C2(C)C.[Ca+2].[OH-].[OH-]. The molecule has 13 heavy (non-hydrogen) atoms. The fourth-order valence-corrected chi connectivity index (χ4v) is 2.61. The van der Waals surface area contributed by atoms with Crippen molar-refractivity contribution in [3.8, 4) is 0 Å². The van der Waals surface area contributed by atoms with Crippen molar-refractivity contribution in [2.24, 2.45) is 11.3 Å². The molecule has 0 spiro atoms. The van der Waals surface area contributed by atoms with Gasteiger partial charge in [0.25, 0.3) is 0 Å². The third kappa shape index (κ3) is 2.29. The maximum atomic E-state index is 2.40. The fourth-order valence-electron chi connectivity index (χ4n) is 2.61. The summed E-state index contributed by atoms with van der Waals surface area (Å²) in [6, 6.07) is 0. The standard InChI is InChI=1S/C10H16.Ca.2H2O/c1-7-4-5-8-6-9(7)10(8,2)3;;;/h8H,4-6H2,1-3H3;;2*1H2/q;+2;;/p-2. The molecule has 0 aromatic carbocycles. The van der Waals surface area contributed by atoms with Crippen molar-refractivity contribution in [3.63, 3.8) is 0 Å². The topological polar surface area (TPSA) is 60.0 Å². The van der Waals surface area contributed by atoms with Gasteiger partial charge in [0.15, 0.2) is 0 Å². The molecule has 1 atom stereocenters. The van der Waals surface area contributed by atoms with E-state index in [1.807, 2.05) is 0 Å². The zero-order chi connectivity index (χ0) is 7.35. The first kappa shape index (κ1) is 16.4. The molecule has 0 radical (unpaired) electrons. The molecule has 3 aliphatic carbocycles. The molecule has 3 heteroatoms. The second-order valence-electron chi connectivity index (χ2n) is 4.42. The Kier molecular flexibility index (Phi) is 6.45. The van der Waals surface area contributed by atoms with E-state index in [-0.39, 0.29) is 48.7 Å². The molecule has 0 heterocycles. The van der Waals surface area contributed by atoms with Crippen LogP contribution in [0.4, 0.5) is 0 Å². The average molecular weight is 210 g/mol. The first-order valence-electron chi connectivity index (χ1n) is 4.31. The van der Waals surface area contributed by atoms with E-state index in [0.717, 1.165) is 5.92 Å². The third-order valence-electron chi connectivity index (χ3n) is 3.63. The molecule has 1 saturated carbocycles. The van der Waals surface area contributed by atoms with Crippen LogP contribution in [-0.4, -0.2) is 48.7 Å². The largest absolute Gasteiger partial charge is 2.00 e. The molecule has 1 fully saturated rings. The first-order chi connectivity index (χ1) is 4.62. The molecule has 2 bridgehead atoms. The summed E-state index contributed by atoms with van der Waals surface area (Å²) in [6.07, 6.45) is 4.24. The molecule has 72 valence electrons. The van der Waals surface area contributed by atoms with E-state index < -0.39 is 0 Å². The molecule has 3 rings (SSSR count). The minimum absolute atomic E-state index is 0. The van der Waals surface area contributed by atoms with Gasteiger partial charge in [0.2, 0.25) is 0 Å². The van der Waals surface area contributed by atoms with Gasteiger partial charge in [0, 0.05) is 0 Å². The van der Waals surface area contributed by atoms with Crippen molar-refractivity contribution in [2.45, 2.75) is 40.0 Å². The predicted octanol–water partition coefficient (Wildman–Crippen LogP) is 2.41. The Labute approximate surface area is 110 Å². The zero-order valence-corrected chi connectivity index (χ0v) is 11.0. The molecule has 3 aliphatic rings. The van der Waals surface area contributed by atoms with E-state index in [4.69, 9.17) is 0 Å². The summed E-state index contributed by atoms with van der Waals surface area (Å²) in [5, 5.41) is 0. The van der Waals surface area contributed by atoms with Crippen LogP contribution >= 0.6 is 0 Å². The summed E-state index contributed by atoms with van der Waals surface area (Å²) in [7, 11) is 0. The monoisotopic (exact) mass is 210 g/mol. The van der Waals surface area contributed by atoms with E-state index in [9.17, 15) is 0 Å².